The summed E-state index contributed by atoms with van der Waals surface area (Å²) in [7, 11) is 0. The molecule has 1 unspecified atom stereocenters. The fourth-order valence-electron chi connectivity index (χ4n) is 2.00. The minimum Gasteiger partial charge on any atom is -0.487 e. The minimum atomic E-state index is -0.118. The van der Waals surface area contributed by atoms with E-state index in [2.05, 4.69) is 29.8 Å². The lowest BCUT2D eigenvalue weighted by Crippen LogP contribution is -2.39. The highest BCUT2D eigenvalue weighted by Gasteiger charge is 2.34. The van der Waals surface area contributed by atoms with Crippen LogP contribution in [0.2, 0.25) is 0 Å². The Morgan fingerprint density at radius 1 is 1.60 bits per heavy atom. The van der Waals surface area contributed by atoms with Gasteiger partial charge in [0.2, 0.25) is 0 Å². The summed E-state index contributed by atoms with van der Waals surface area (Å²) in [4.78, 5) is 0. The number of hydrogen-bond acceptors (Lipinski definition) is 2. The summed E-state index contributed by atoms with van der Waals surface area (Å²) in [6.07, 6.45) is 1.87. The Bertz CT molecular complexity index is 380. The molecule has 2 atom stereocenters. The molecule has 1 aromatic carbocycles. The minimum absolute atomic E-state index is 0.0896. The second kappa shape index (κ2) is 3.80. The van der Waals surface area contributed by atoms with Crippen LogP contribution in [-0.2, 0) is 0 Å². The Morgan fingerprint density at radius 3 is 3.00 bits per heavy atom. The van der Waals surface area contributed by atoms with E-state index in [4.69, 9.17) is 10.5 Å². The standard InChI is InChI=1S/C12H16BrNO/c1-3-12(2)7-10(14)9-5-4-8(13)6-11(9)15-12/h4-6,10H,3,7,14H2,1-2H3/t10-,12?/m0/s1. The van der Waals surface area contributed by atoms with Gasteiger partial charge < -0.3 is 10.5 Å². The molecule has 0 fully saturated rings. The van der Waals surface area contributed by atoms with Gasteiger partial charge in [0.15, 0.2) is 0 Å². The molecule has 82 valence electrons. The van der Waals surface area contributed by atoms with Gasteiger partial charge in [-0.25, -0.2) is 0 Å². The summed E-state index contributed by atoms with van der Waals surface area (Å²) >= 11 is 3.45. The number of ether oxygens (including phenoxy) is 1. The van der Waals surface area contributed by atoms with Crippen molar-refractivity contribution in [2.24, 2.45) is 5.73 Å². The molecular formula is C12H16BrNO. The average molecular weight is 270 g/mol. The molecular weight excluding hydrogens is 254 g/mol. The van der Waals surface area contributed by atoms with Crippen LogP contribution in [0.15, 0.2) is 22.7 Å². The maximum Gasteiger partial charge on any atom is 0.126 e. The predicted octanol–water partition coefficient (Wildman–Crippen LogP) is 3.40. The third-order valence-electron chi connectivity index (χ3n) is 3.13. The van der Waals surface area contributed by atoms with Crippen molar-refractivity contribution in [2.75, 3.05) is 0 Å². The van der Waals surface area contributed by atoms with Gasteiger partial charge in [0.25, 0.3) is 0 Å². The summed E-state index contributed by atoms with van der Waals surface area (Å²) in [6.45, 7) is 4.26. The molecule has 1 aliphatic heterocycles. The van der Waals surface area contributed by atoms with Crippen LogP contribution in [0.5, 0.6) is 5.75 Å². The molecule has 3 heteroatoms. The highest BCUT2D eigenvalue weighted by molar-refractivity contribution is 9.10. The van der Waals surface area contributed by atoms with Gasteiger partial charge in [0.1, 0.15) is 11.4 Å². The topological polar surface area (TPSA) is 35.2 Å². The first kappa shape index (κ1) is 11.0. The van der Waals surface area contributed by atoms with Gasteiger partial charge in [-0.15, -0.1) is 0 Å². The van der Waals surface area contributed by atoms with E-state index < -0.39 is 0 Å². The van der Waals surface area contributed by atoms with Crippen LogP contribution in [0.3, 0.4) is 0 Å². The van der Waals surface area contributed by atoms with Crippen molar-refractivity contribution >= 4 is 15.9 Å². The van der Waals surface area contributed by atoms with Crippen LogP contribution in [0, 0.1) is 0 Å². The van der Waals surface area contributed by atoms with E-state index in [0.29, 0.717) is 0 Å². The molecule has 2 nitrogen and oxygen atoms in total. The number of hydrogen-bond donors (Lipinski definition) is 1. The van der Waals surface area contributed by atoms with E-state index in [1.165, 1.54) is 0 Å². The summed E-state index contributed by atoms with van der Waals surface area (Å²) in [5.74, 6) is 0.924. The number of fused-ring (bicyclic) bond motifs is 1. The van der Waals surface area contributed by atoms with Crippen molar-refractivity contribution in [3.8, 4) is 5.75 Å². The normalized spacial score (nSPS) is 29.5. The maximum absolute atomic E-state index is 6.15. The molecule has 0 saturated heterocycles. The Balaban J connectivity index is 2.41. The first-order chi connectivity index (χ1) is 7.04. The third kappa shape index (κ3) is 2.04. The van der Waals surface area contributed by atoms with Crippen LogP contribution < -0.4 is 10.5 Å². The van der Waals surface area contributed by atoms with Crippen molar-refractivity contribution < 1.29 is 4.74 Å². The van der Waals surface area contributed by atoms with E-state index in [9.17, 15) is 0 Å². The van der Waals surface area contributed by atoms with E-state index in [1.54, 1.807) is 0 Å². The predicted molar refractivity (Wildman–Crippen MR) is 65.0 cm³/mol. The molecule has 0 bridgehead atoms. The monoisotopic (exact) mass is 269 g/mol. The van der Waals surface area contributed by atoms with Crippen molar-refractivity contribution in [2.45, 2.75) is 38.3 Å². The SMILES string of the molecule is CCC1(C)C[C@H](N)c2ccc(Br)cc2O1. The van der Waals surface area contributed by atoms with Gasteiger partial charge in [-0.1, -0.05) is 28.9 Å². The Hall–Kier alpha value is -0.540. The molecule has 0 radical (unpaired) electrons. The van der Waals surface area contributed by atoms with E-state index in [-0.39, 0.29) is 11.6 Å². The fraction of sp³-hybridized carbons (Fsp3) is 0.500. The van der Waals surface area contributed by atoms with Crippen molar-refractivity contribution in [1.82, 2.24) is 0 Å². The van der Waals surface area contributed by atoms with Crippen LogP contribution in [0.4, 0.5) is 0 Å². The molecule has 0 amide bonds. The first-order valence-electron chi connectivity index (χ1n) is 5.28. The van der Waals surface area contributed by atoms with Gasteiger partial charge in [0.05, 0.1) is 0 Å². The molecule has 0 spiro atoms. The van der Waals surface area contributed by atoms with Crippen LogP contribution in [0.25, 0.3) is 0 Å². The highest BCUT2D eigenvalue weighted by Crippen LogP contribution is 2.40. The largest absolute Gasteiger partial charge is 0.487 e. The van der Waals surface area contributed by atoms with Crippen molar-refractivity contribution in [3.63, 3.8) is 0 Å². The molecule has 0 saturated carbocycles. The molecule has 0 aromatic heterocycles. The summed E-state index contributed by atoms with van der Waals surface area (Å²) in [5.41, 5.74) is 7.15. The Morgan fingerprint density at radius 2 is 2.33 bits per heavy atom. The Labute approximate surface area is 98.9 Å². The van der Waals surface area contributed by atoms with Crippen molar-refractivity contribution in [1.29, 1.82) is 0 Å². The summed E-state index contributed by atoms with van der Waals surface area (Å²) < 4.78 is 7.05. The second-order valence-electron chi connectivity index (χ2n) is 4.40. The molecule has 1 aliphatic rings. The zero-order valence-corrected chi connectivity index (χ0v) is 10.7. The molecule has 15 heavy (non-hydrogen) atoms. The maximum atomic E-state index is 6.15. The molecule has 1 aromatic rings. The van der Waals surface area contributed by atoms with Gasteiger partial charge in [-0.2, -0.15) is 0 Å². The van der Waals surface area contributed by atoms with Gasteiger partial charge in [-0.3, -0.25) is 0 Å². The van der Waals surface area contributed by atoms with Crippen molar-refractivity contribution in [3.05, 3.63) is 28.2 Å². The van der Waals surface area contributed by atoms with E-state index >= 15 is 0 Å². The third-order valence-corrected chi connectivity index (χ3v) is 3.62. The van der Waals surface area contributed by atoms with Gasteiger partial charge >= 0.3 is 0 Å². The Kier molecular flexibility index (Phi) is 2.77. The molecule has 2 rings (SSSR count). The smallest absolute Gasteiger partial charge is 0.126 e. The van der Waals surface area contributed by atoms with Crippen LogP contribution in [0.1, 0.15) is 38.3 Å². The highest BCUT2D eigenvalue weighted by atomic mass is 79.9. The molecule has 0 aliphatic carbocycles. The van der Waals surface area contributed by atoms with E-state index in [0.717, 1.165) is 28.6 Å². The summed E-state index contributed by atoms with van der Waals surface area (Å²) in [6, 6.07) is 6.14. The number of halogens is 1. The number of nitrogens with two attached hydrogens (primary N) is 1. The van der Waals surface area contributed by atoms with Gasteiger partial charge in [-0.05, 0) is 25.5 Å². The average Bonchev–Trinajstić information content (AvgIpc) is 2.16. The molecule has 1 heterocycles. The summed E-state index contributed by atoms with van der Waals surface area (Å²) in [5, 5.41) is 0. The lowest BCUT2D eigenvalue weighted by atomic mass is 9.87. The lowest BCUT2D eigenvalue weighted by Gasteiger charge is -2.38. The quantitative estimate of drug-likeness (QED) is 0.848. The number of benzene rings is 1. The van der Waals surface area contributed by atoms with Crippen LogP contribution in [-0.4, -0.2) is 5.60 Å². The molecule has 2 N–H and O–H groups in total. The van der Waals surface area contributed by atoms with E-state index in [1.807, 2.05) is 18.2 Å². The van der Waals surface area contributed by atoms with Crippen LogP contribution >= 0.6 is 15.9 Å². The first-order valence-corrected chi connectivity index (χ1v) is 6.07. The fourth-order valence-corrected chi connectivity index (χ4v) is 2.34. The lowest BCUT2D eigenvalue weighted by molar-refractivity contribution is 0.0502. The second-order valence-corrected chi connectivity index (χ2v) is 5.31. The zero-order chi connectivity index (χ0) is 11.1. The number of rotatable bonds is 1. The van der Waals surface area contributed by atoms with Gasteiger partial charge in [0, 0.05) is 22.5 Å². The zero-order valence-electron chi connectivity index (χ0n) is 9.09.